The molecule has 2 aliphatic rings. The second-order valence-electron chi connectivity index (χ2n) is 7.14. The zero-order valence-electron chi connectivity index (χ0n) is 15.2. The number of nitrogens with zero attached hydrogens (tertiary/aromatic N) is 2. The lowest BCUT2D eigenvalue weighted by molar-refractivity contribution is -0.121. The zero-order valence-corrected chi connectivity index (χ0v) is 16.0. The number of rotatable bonds is 4. The van der Waals surface area contributed by atoms with Crippen LogP contribution in [0, 0.1) is 11.7 Å². The van der Waals surface area contributed by atoms with Crippen molar-refractivity contribution in [2.75, 3.05) is 40.3 Å². The number of methoxy groups -OCH3 is 1. The third-order valence-electron chi connectivity index (χ3n) is 5.27. The average molecular weight is 385 g/mol. The summed E-state index contributed by atoms with van der Waals surface area (Å²) in [5, 5.41) is 3.04. The molecule has 1 aromatic carbocycles. The molecule has 0 aromatic heterocycles. The number of ether oxygens (including phenoxy) is 1. The van der Waals surface area contributed by atoms with Crippen LogP contribution in [-0.2, 0) is 14.8 Å². The van der Waals surface area contributed by atoms with Crippen molar-refractivity contribution in [1.82, 2.24) is 14.5 Å². The van der Waals surface area contributed by atoms with E-state index in [0.717, 1.165) is 6.07 Å². The molecule has 2 heterocycles. The van der Waals surface area contributed by atoms with Crippen LogP contribution in [0.25, 0.3) is 0 Å². The highest BCUT2D eigenvalue weighted by Crippen LogP contribution is 2.38. The number of likely N-dealkylation sites (tertiary alicyclic amines) is 1. The van der Waals surface area contributed by atoms with Gasteiger partial charge in [0.25, 0.3) is 0 Å². The van der Waals surface area contributed by atoms with Gasteiger partial charge in [0.05, 0.1) is 12.6 Å². The number of sulfonamides is 1. The van der Waals surface area contributed by atoms with E-state index in [9.17, 15) is 17.6 Å². The van der Waals surface area contributed by atoms with Gasteiger partial charge in [-0.25, -0.2) is 12.8 Å². The van der Waals surface area contributed by atoms with Crippen molar-refractivity contribution in [2.45, 2.75) is 23.8 Å². The number of amides is 1. The Morgan fingerprint density at radius 2 is 2.12 bits per heavy atom. The number of carbonyl (C=O) groups is 1. The molecule has 0 bridgehead atoms. The second kappa shape index (κ2) is 6.79. The van der Waals surface area contributed by atoms with Crippen LogP contribution in [0.5, 0.6) is 5.75 Å². The van der Waals surface area contributed by atoms with Crippen LogP contribution in [-0.4, -0.2) is 69.4 Å². The molecule has 7 nitrogen and oxygen atoms in total. The van der Waals surface area contributed by atoms with E-state index in [0.29, 0.717) is 19.5 Å². The number of fused-ring (bicyclic) bond motifs is 1. The van der Waals surface area contributed by atoms with E-state index in [2.05, 4.69) is 10.2 Å². The Morgan fingerprint density at radius 1 is 1.38 bits per heavy atom. The molecule has 26 heavy (non-hydrogen) atoms. The molecule has 2 fully saturated rings. The third-order valence-corrected chi connectivity index (χ3v) is 7.15. The molecule has 0 unspecified atom stereocenters. The van der Waals surface area contributed by atoms with Gasteiger partial charge in [-0.2, -0.15) is 4.31 Å². The van der Waals surface area contributed by atoms with Crippen molar-refractivity contribution in [3.63, 3.8) is 0 Å². The summed E-state index contributed by atoms with van der Waals surface area (Å²) in [4.78, 5) is 13.6. The van der Waals surface area contributed by atoms with Gasteiger partial charge in [-0.15, -0.1) is 0 Å². The Balaban J connectivity index is 1.90. The van der Waals surface area contributed by atoms with Gasteiger partial charge in [-0.05, 0) is 31.7 Å². The molecule has 9 heteroatoms. The molecule has 0 radical (unpaired) electrons. The lowest BCUT2D eigenvalue weighted by atomic mass is 9.81. The Labute approximate surface area is 153 Å². The molecular weight excluding hydrogens is 361 g/mol. The number of hydrogen-bond acceptors (Lipinski definition) is 5. The van der Waals surface area contributed by atoms with Crippen LogP contribution >= 0.6 is 0 Å². The van der Waals surface area contributed by atoms with Crippen LogP contribution in [0.1, 0.15) is 13.3 Å². The topological polar surface area (TPSA) is 79.0 Å². The van der Waals surface area contributed by atoms with Crippen molar-refractivity contribution in [1.29, 1.82) is 0 Å². The predicted molar refractivity (Wildman–Crippen MR) is 93.9 cm³/mol. The highest BCUT2D eigenvalue weighted by Gasteiger charge is 2.51. The molecule has 0 saturated carbocycles. The summed E-state index contributed by atoms with van der Waals surface area (Å²) >= 11 is 0. The van der Waals surface area contributed by atoms with Gasteiger partial charge in [-0.3, -0.25) is 4.79 Å². The van der Waals surface area contributed by atoms with Crippen LogP contribution in [0.4, 0.5) is 4.39 Å². The lowest BCUT2D eigenvalue weighted by Gasteiger charge is -2.43. The Hall–Kier alpha value is -1.71. The lowest BCUT2D eigenvalue weighted by Crippen LogP contribution is -2.61. The second-order valence-corrected chi connectivity index (χ2v) is 9.05. The molecule has 144 valence electrons. The van der Waals surface area contributed by atoms with E-state index in [1.54, 1.807) is 0 Å². The molecule has 2 aliphatic heterocycles. The summed E-state index contributed by atoms with van der Waals surface area (Å²) in [7, 11) is -0.590. The fourth-order valence-corrected chi connectivity index (χ4v) is 5.82. The van der Waals surface area contributed by atoms with Gasteiger partial charge in [0.2, 0.25) is 15.9 Å². The SMILES string of the molecule is COc1ccc(F)cc1S(=O)(=O)N1CC[C@@]2(NC(C)=O)CN(C)C[C@H]2C1. The summed E-state index contributed by atoms with van der Waals surface area (Å²) < 4.78 is 46.3. The van der Waals surface area contributed by atoms with Crippen LogP contribution in [0.3, 0.4) is 0 Å². The Bertz CT molecular complexity index is 816. The normalized spacial score (nSPS) is 27.2. The summed E-state index contributed by atoms with van der Waals surface area (Å²) in [6.45, 7) is 3.38. The molecular formula is C17H24FN3O4S. The minimum absolute atomic E-state index is 0.0283. The van der Waals surface area contributed by atoms with Gasteiger partial charge < -0.3 is 15.0 Å². The number of carbonyl (C=O) groups excluding carboxylic acids is 1. The van der Waals surface area contributed by atoms with E-state index in [1.165, 1.54) is 30.5 Å². The molecule has 1 amide bonds. The summed E-state index contributed by atoms with van der Waals surface area (Å²) in [6, 6.07) is 3.48. The Kier molecular flexibility index (Phi) is 4.98. The molecule has 3 rings (SSSR count). The van der Waals surface area contributed by atoms with Crippen LogP contribution < -0.4 is 10.1 Å². The largest absolute Gasteiger partial charge is 0.495 e. The van der Waals surface area contributed by atoms with Gasteiger partial charge >= 0.3 is 0 Å². The highest BCUT2D eigenvalue weighted by atomic mass is 32.2. The smallest absolute Gasteiger partial charge is 0.246 e. The fraction of sp³-hybridized carbons (Fsp3) is 0.588. The monoisotopic (exact) mass is 385 g/mol. The van der Waals surface area contributed by atoms with Crippen molar-refractivity contribution >= 4 is 15.9 Å². The maximum Gasteiger partial charge on any atom is 0.246 e. The van der Waals surface area contributed by atoms with E-state index in [1.807, 2.05) is 7.05 Å². The first-order valence-corrected chi connectivity index (χ1v) is 9.93. The van der Waals surface area contributed by atoms with Crippen molar-refractivity contribution in [3.8, 4) is 5.75 Å². The summed E-state index contributed by atoms with van der Waals surface area (Å²) in [5.41, 5.74) is -0.418. The number of halogens is 1. The Morgan fingerprint density at radius 3 is 2.77 bits per heavy atom. The summed E-state index contributed by atoms with van der Waals surface area (Å²) in [5.74, 6) is -0.656. The average Bonchev–Trinajstić information content (AvgIpc) is 2.88. The minimum atomic E-state index is -3.90. The van der Waals surface area contributed by atoms with Gasteiger partial charge in [-0.1, -0.05) is 0 Å². The number of benzene rings is 1. The van der Waals surface area contributed by atoms with E-state index in [4.69, 9.17) is 4.74 Å². The first kappa shape index (κ1) is 19.1. The van der Waals surface area contributed by atoms with Crippen LogP contribution in [0.2, 0.25) is 0 Å². The van der Waals surface area contributed by atoms with Gasteiger partial charge in [0.1, 0.15) is 16.5 Å². The molecule has 0 spiro atoms. The number of nitrogens with one attached hydrogen (secondary N) is 1. The predicted octanol–water partition coefficient (Wildman–Crippen LogP) is 0.665. The number of hydrogen-bond donors (Lipinski definition) is 1. The van der Waals surface area contributed by atoms with Crippen molar-refractivity contribution in [2.24, 2.45) is 5.92 Å². The standard InChI is InChI=1S/C17H24FN3O4S/c1-12(22)19-17-6-7-21(10-13(17)9-20(2)11-17)26(23,24)16-8-14(18)4-5-15(16)25-3/h4-5,8,13H,6-7,9-11H2,1-3H3,(H,19,22)/t13-,17+/m0/s1. The van der Waals surface area contributed by atoms with E-state index < -0.39 is 21.4 Å². The minimum Gasteiger partial charge on any atom is -0.495 e. The van der Waals surface area contributed by atoms with Gasteiger partial charge in [0.15, 0.2) is 0 Å². The van der Waals surface area contributed by atoms with E-state index in [-0.39, 0.29) is 35.6 Å². The van der Waals surface area contributed by atoms with Crippen LogP contribution in [0.15, 0.2) is 23.1 Å². The molecule has 2 saturated heterocycles. The number of likely N-dealkylation sites (N-methyl/N-ethyl adjacent to an activating group) is 1. The van der Waals surface area contributed by atoms with Crippen molar-refractivity contribution in [3.05, 3.63) is 24.0 Å². The first-order valence-electron chi connectivity index (χ1n) is 8.49. The summed E-state index contributed by atoms with van der Waals surface area (Å²) in [6.07, 6.45) is 0.512. The third kappa shape index (κ3) is 3.30. The quantitative estimate of drug-likeness (QED) is 0.824. The maximum absolute atomic E-state index is 13.7. The zero-order chi connectivity index (χ0) is 19.1. The highest BCUT2D eigenvalue weighted by molar-refractivity contribution is 7.89. The molecule has 1 N–H and O–H groups in total. The fourth-order valence-electron chi connectivity index (χ4n) is 4.17. The molecule has 1 aromatic rings. The number of piperidine rings is 1. The molecule has 2 atom stereocenters. The van der Waals surface area contributed by atoms with Crippen molar-refractivity contribution < 1.29 is 22.3 Å². The molecule has 0 aliphatic carbocycles. The maximum atomic E-state index is 13.7. The first-order chi connectivity index (χ1) is 12.2. The van der Waals surface area contributed by atoms with E-state index >= 15 is 0 Å². The van der Waals surface area contributed by atoms with Gasteiger partial charge in [0, 0.05) is 39.0 Å².